The van der Waals surface area contributed by atoms with Crippen LogP contribution in [0, 0.1) is 6.92 Å². The first-order chi connectivity index (χ1) is 7.17. The predicted octanol–water partition coefficient (Wildman–Crippen LogP) is 2.61. The summed E-state index contributed by atoms with van der Waals surface area (Å²) in [6.07, 6.45) is 0.842. The smallest absolute Gasteiger partial charge is 0.152 e. The molecule has 0 aliphatic rings. The number of hydrogen-bond donors (Lipinski definition) is 2. The van der Waals surface area contributed by atoms with E-state index in [1.54, 1.807) is 11.8 Å². The molecule has 1 unspecified atom stereocenters. The minimum absolute atomic E-state index is 0.0387. The molecule has 0 heterocycles. The van der Waals surface area contributed by atoms with Gasteiger partial charge < -0.3 is 10.9 Å². The van der Waals surface area contributed by atoms with Crippen LogP contribution < -0.4 is 5.73 Å². The number of aryl methyl sites for hydroxylation is 1. The summed E-state index contributed by atoms with van der Waals surface area (Å²) < 4.78 is 0. The van der Waals surface area contributed by atoms with Crippen LogP contribution in [0.1, 0.15) is 18.9 Å². The lowest BCUT2D eigenvalue weighted by atomic mass is 10.2. The number of rotatable bonds is 4. The third kappa shape index (κ3) is 3.47. The Bertz CT molecular complexity index is 352. The van der Waals surface area contributed by atoms with Gasteiger partial charge in [0.05, 0.1) is 5.25 Å². The minimum Gasteiger partial charge on any atom is -0.409 e. The van der Waals surface area contributed by atoms with Crippen molar-refractivity contribution in [2.24, 2.45) is 10.9 Å². The standard InChI is InChI=1S/C11H16N2OS/c1-3-10(11(12)13-14)15-9-6-4-5-8(2)7-9/h4-7,10,14H,3H2,1-2H3,(H2,12,13). The molecule has 0 aromatic heterocycles. The second-order valence-electron chi connectivity index (χ2n) is 3.36. The normalized spacial score (nSPS) is 13.9. The molecule has 0 aliphatic heterocycles. The van der Waals surface area contributed by atoms with E-state index in [-0.39, 0.29) is 11.1 Å². The third-order valence-corrected chi connectivity index (χ3v) is 3.47. The summed E-state index contributed by atoms with van der Waals surface area (Å²) in [5.74, 6) is 0.281. The monoisotopic (exact) mass is 224 g/mol. The molecule has 0 bridgehead atoms. The lowest BCUT2D eigenvalue weighted by Gasteiger charge is -2.12. The summed E-state index contributed by atoms with van der Waals surface area (Å²) in [6, 6.07) is 8.19. The van der Waals surface area contributed by atoms with Crippen molar-refractivity contribution in [3.63, 3.8) is 0 Å². The van der Waals surface area contributed by atoms with Crippen LogP contribution in [-0.2, 0) is 0 Å². The van der Waals surface area contributed by atoms with E-state index in [1.165, 1.54) is 5.56 Å². The van der Waals surface area contributed by atoms with Crippen LogP contribution in [0.25, 0.3) is 0 Å². The molecule has 1 rings (SSSR count). The zero-order valence-electron chi connectivity index (χ0n) is 8.97. The van der Waals surface area contributed by atoms with Gasteiger partial charge in [-0.05, 0) is 25.5 Å². The summed E-state index contributed by atoms with van der Waals surface area (Å²) in [5.41, 5.74) is 6.81. The average molecular weight is 224 g/mol. The molecule has 0 aliphatic carbocycles. The molecule has 0 saturated carbocycles. The third-order valence-electron chi connectivity index (χ3n) is 2.08. The zero-order valence-corrected chi connectivity index (χ0v) is 9.79. The van der Waals surface area contributed by atoms with Crippen LogP contribution >= 0.6 is 11.8 Å². The van der Waals surface area contributed by atoms with Gasteiger partial charge in [0.25, 0.3) is 0 Å². The summed E-state index contributed by atoms with van der Waals surface area (Å²) in [6.45, 7) is 4.07. The fraction of sp³-hybridized carbons (Fsp3) is 0.364. The lowest BCUT2D eigenvalue weighted by molar-refractivity contribution is 0.317. The van der Waals surface area contributed by atoms with Crippen molar-refractivity contribution in [1.82, 2.24) is 0 Å². The molecule has 1 aromatic rings. The molecule has 0 radical (unpaired) electrons. The first-order valence-electron chi connectivity index (χ1n) is 4.88. The lowest BCUT2D eigenvalue weighted by Crippen LogP contribution is -2.25. The molecule has 1 atom stereocenters. The Morgan fingerprint density at radius 2 is 2.33 bits per heavy atom. The molecular weight excluding hydrogens is 208 g/mol. The summed E-state index contributed by atoms with van der Waals surface area (Å²) >= 11 is 1.62. The van der Waals surface area contributed by atoms with Gasteiger partial charge in [0.15, 0.2) is 5.84 Å². The molecule has 1 aromatic carbocycles. The molecule has 3 N–H and O–H groups in total. The Labute approximate surface area is 94.4 Å². The van der Waals surface area contributed by atoms with Gasteiger partial charge in [-0.25, -0.2) is 0 Å². The van der Waals surface area contributed by atoms with E-state index in [0.29, 0.717) is 0 Å². The number of hydrogen-bond acceptors (Lipinski definition) is 3. The van der Waals surface area contributed by atoms with Gasteiger partial charge in [0.1, 0.15) is 0 Å². The van der Waals surface area contributed by atoms with Crippen molar-refractivity contribution in [2.75, 3.05) is 0 Å². The van der Waals surface area contributed by atoms with E-state index in [1.807, 2.05) is 19.1 Å². The number of amidine groups is 1. The zero-order chi connectivity index (χ0) is 11.3. The van der Waals surface area contributed by atoms with Crippen molar-refractivity contribution in [1.29, 1.82) is 0 Å². The van der Waals surface area contributed by atoms with Crippen LogP contribution in [0.15, 0.2) is 34.3 Å². The number of nitrogens with zero attached hydrogens (tertiary/aromatic N) is 1. The van der Waals surface area contributed by atoms with E-state index < -0.39 is 0 Å². The minimum atomic E-state index is 0.0387. The van der Waals surface area contributed by atoms with E-state index in [0.717, 1.165) is 11.3 Å². The molecule has 4 heteroatoms. The maximum absolute atomic E-state index is 8.62. The number of nitrogens with two attached hydrogens (primary N) is 1. The molecular formula is C11H16N2OS. The van der Waals surface area contributed by atoms with Crippen molar-refractivity contribution in [3.05, 3.63) is 29.8 Å². The van der Waals surface area contributed by atoms with Crippen LogP contribution in [0.5, 0.6) is 0 Å². The van der Waals surface area contributed by atoms with Crippen LogP contribution in [0.3, 0.4) is 0 Å². The van der Waals surface area contributed by atoms with Gasteiger partial charge in [-0.2, -0.15) is 0 Å². The van der Waals surface area contributed by atoms with Crippen LogP contribution in [-0.4, -0.2) is 16.3 Å². The van der Waals surface area contributed by atoms with Gasteiger partial charge in [0.2, 0.25) is 0 Å². The fourth-order valence-corrected chi connectivity index (χ4v) is 2.34. The molecule has 15 heavy (non-hydrogen) atoms. The van der Waals surface area contributed by atoms with E-state index in [4.69, 9.17) is 10.9 Å². The SMILES string of the molecule is CCC(Sc1cccc(C)c1)C(N)=NO. The van der Waals surface area contributed by atoms with Crippen molar-refractivity contribution < 1.29 is 5.21 Å². The summed E-state index contributed by atoms with van der Waals surface area (Å²) in [7, 11) is 0. The van der Waals surface area contributed by atoms with Crippen molar-refractivity contribution in [2.45, 2.75) is 30.4 Å². The van der Waals surface area contributed by atoms with Crippen LogP contribution in [0.2, 0.25) is 0 Å². The summed E-state index contributed by atoms with van der Waals surface area (Å²) in [4.78, 5) is 1.15. The Morgan fingerprint density at radius 3 is 2.87 bits per heavy atom. The Hall–Kier alpha value is -1.16. The topological polar surface area (TPSA) is 58.6 Å². The number of thioether (sulfide) groups is 1. The van der Waals surface area contributed by atoms with E-state index >= 15 is 0 Å². The highest BCUT2D eigenvalue weighted by atomic mass is 32.2. The number of oxime groups is 1. The maximum atomic E-state index is 8.62. The van der Waals surface area contributed by atoms with Gasteiger partial charge in [0, 0.05) is 4.90 Å². The summed E-state index contributed by atoms with van der Waals surface area (Å²) in [5, 5.41) is 11.7. The van der Waals surface area contributed by atoms with Gasteiger partial charge >= 0.3 is 0 Å². The molecule has 0 fully saturated rings. The highest BCUT2D eigenvalue weighted by Gasteiger charge is 2.13. The first-order valence-corrected chi connectivity index (χ1v) is 5.76. The molecule has 0 amide bonds. The predicted molar refractivity (Wildman–Crippen MR) is 64.5 cm³/mol. The first kappa shape index (κ1) is 11.9. The second kappa shape index (κ2) is 5.66. The second-order valence-corrected chi connectivity index (χ2v) is 4.63. The molecule has 82 valence electrons. The van der Waals surface area contributed by atoms with Crippen LogP contribution in [0.4, 0.5) is 0 Å². The molecule has 0 saturated heterocycles. The number of benzene rings is 1. The molecule has 3 nitrogen and oxygen atoms in total. The van der Waals surface area contributed by atoms with Gasteiger partial charge in [-0.3, -0.25) is 0 Å². The quantitative estimate of drug-likeness (QED) is 0.272. The Balaban J connectivity index is 2.75. The maximum Gasteiger partial charge on any atom is 0.152 e. The van der Waals surface area contributed by atoms with E-state index in [9.17, 15) is 0 Å². The molecule has 0 spiro atoms. The van der Waals surface area contributed by atoms with Gasteiger partial charge in [-0.1, -0.05) is 29.8 Å². The average Bonchev–Trinajstić information content (AvgIpc) is 2.25. The highest BCUT2D eigenvalue weighted by molar-refractivity contribution is 8.00. The fourth-order valence-electron chi connectivity index (χ4n) is 1.27. The largest absolute Gasteiger partial charge is 0.409 e. The van der Waals surface area contributed by atoms with Gasteiger partial charge in [-0.15, -0.1) is 11.8 Å². The van der Waals surface area contributed by atoms with Crippen molar-refractivity contribution >= 4 is 17.6 Å². The highest BCUT2D eigenvalue weighted by Crippen LogP contribution is 2.25. The van der Waals surface area contributed by atoms with E-state index in [2.05, 4.69) is 24.2 Å². The Kier molecular flexibility index (Phi) is 4.49. The Morgan fingerprint density at radius 1 is 1.60 bits per heavy atom. The van der Waals surface area contributed by atoms with Crippen molar-refractivity contribution in [3.8, 4) is 0 Å².